The van der Waals surface area contributed by atoms with Crippen LogP contribution in [0.15, 0.2) is 27.6 Å². The van der Waals surface area contributed by atoms with Gasteiger partial charge in [0.25, 0.3) is 0 Å². The lowest BCUT2D eigenvalue weighted by molar-refractivity contribution is 0.216. The van der Waals surface area contributed by atoms with Gasteiger partial charge in [-0.25, -0.2) is 13.1 Å². The highest BCUT2D eigenvalue weighted by Crippen LogP contribution is 2.25. The Morgan fingerprint density at radius 2 is 2.06 bits per heavy atom. The lowest BCUT2D eigenvalue weighted by Crippen LogP contribution is -2.38. The molecule has 0 heterocycles. The molecule has 1 aromatic rings. The van der Waals surface area contributed by atoms with Crippen molar-refractivity contribution in [2.75, 3.05) is 6.61 Å². The van der Waals surface area contributed by atoms with E-state index in [2.05, 4.69) is 20.7 Å². The van der Waals surface area contributed by atoms with Crippen LogP contribution >= 0.6 is 27.5 Å². The fraction of sp³-hybridized carbons (Fsp3) is 0.455. The van der Waals surface area contributed by atoms with E-state index >= 15 is 0 Å². The first-order chi connectivity index (χ1) is 8.27. The average molecular weight is 357 g/mol. The molecule has 0 fully saturated rings. The highest BCUT2D eigenvalue weighted by Gasteiger charge is 2.22. The molecule has 0 radical (unpaired) electrons. The Morgan fingerprint density at radius 1 is 1.44 bits per heavy atom. The van der Waals surface area contributed by atoms with Crippen molar-refractivity contribution in [1.82, 2.24) is 4.72 Å². The molecule has 2 N–H and O–H groups in total. The molecule has 0 aliphatic carbocycles. The van der Waals surface area contributed by atoms with Crippen molar-refractivity contribution in [3.63, 3.8) is 0 Å². The summed E-state index contributed by atoms with van der Waals surface area (Å²) < 4.78 is 27.4. The summed E-state index contributed by atoms with van der Waals surface area (Å²) in [6.07, 6.45) is 0. The molecule has 0 bridgehead atoms. The molecule has 0 spiro atoms. The van der Waals surface area contributed by atoms with E-state index in [0.717, 1.165) is 0 Å². The van der Waals surface area contributed by atoms with Crippen LogP contribution in [0.4, 0.5) is 0 Å². The summed E-state index contributed by atoms with van der Waals surface area (Å²) in [7, 11) is -3.68. The molecule has 4 nitrogen and oxygen atoms in total. The van der Waals surface area contributed by atoms with E-state index < -0.39 is 10.0 Å². The number of aliphatic hydroxyl groups is 1. The van der Waals surface area contributed by atoms with Gasteiger partial charge >= 0.3 is 0 Å². The average Bonchev–Trinajstić information content (AvgIpc) is 2.26. The van der Waals surface area contributed by atoms with Crippen LogP contribution in [0.25, 0.3) is 0 Å². The predicted molar refractivity (Wildman–Crippen MR) is 75.2 cm³/mol. The van der Waals surface area contributed by atoms with Crippen LogP contribution in [0.3, 0.4) is 0 Å². The zero-order valence-corrected chi connectivity index (χ0v) is 13.2. The SMILES string of the molecule is CC(CO)C(C)NS(=O)(=O)c1ccc(Br)cc1Cl. The fourth-order valence-corrected chi connectivity index (χ4v) is 3.67. The molecule has 2 unspecified atom stereocenters. The van der Waals surface area contributed by atoms with Gasteiger partial charge in [0, 0.05) is 17.1 Å². The van der Waals surface area contributed by atoms with Crippen molar-refractivity contribution >= 4 is 37.6 Å². The number of hydrogen-bond acceptors (Lipinski definition) is 3. The van der Waals surface area contributed by atoms with Crippen LogP contribution in [-0.2, 0) is 10.0 Å². The molecule has 0 aliphatic rings. The maximum Gasteiger partial charge on any atom is 0.242 e. The van der Waals surface area contributed by atoms with Crippen LogP contribution in [0.5, 0.6) is 0 Å². The third-order valence-electron chi connectivity index (χ3n) is 2.67. The molecule has 0 saturated heterocycles. The first kappa shape index (κ1) is 15.9. The van der Waals surface area contributed by atoms with Crippen molar-refractivity contribution in [3.05, 3.63) is 27.7 Å². The topological polar surface area (TPSA) is 66.4 Å². The highest BCUT2D eigenvalue weighted by molar-refractivity contribution is 9.10. The lowest BCUT2D eigenvalue weighted by Gasteiger charge is -2.19. The van der Waals surface area contributed by atoms with Crippen LogP contribution in [-0.4, -0.2) is 26.2 Å². The second kappa shape index (κ2) is 6.34. The van der Waals surface area contributed by atoms with Crippen molar-refractivity contribution < 1.29 is 13.5 Å². The van der Waals surface area contributed by atoms with Crippen molar-refractivity contribution in [2.24, 2.45) is 5.92 Å². The first-order valence-corrected chi connectivity index (χ1v) is 8.01. The summed E-state index contributed by atoms with van der Waals surface area (Å²) in [5, 5.41) is 9.15. The molecular weight excluding hydrogens is 342 g/mol. The van der Waals surface area contributed by atoms with Gasteiger partial charge in [0.05, 0.1) is 5.02 Å². The predicted octanol–water partition coefficient (Wildman–Crippen LogP) is 2.40. The van der Waals surface area contributed by atoms with E-state index in [0.29, 0.717) is 4.47 Å². The van der Waals surface area contributed by atoms with E-state index in [-0.39, 0.29) is 28.5 Å². The molecule has 18 heavy (non-hydrogen) atoms. The standard InChI is InChI=1S/C11H15BrClNO3S/c1-7(6-15)8(2)14-18(16,17)11-4-3-9(12)5-10(11)13/h3-5,7-8,14-15H,6H2,1-2H3. The van der Waals surface area contributed by atoms with E-state index in [9.17, 15) is 8.42 Å². The fourth-order valence-electron chi connectivity index (χ4n) is 1.28. The smallest absolute Gasteiger partial charge is 0.242 e. The number of sulfonamides is 1. The summed E-state index contributed by atoms with van der Waals surface area (Å²) in [6, 6.07) is 4.20. The molecule has 1 aromatic carbocycles. The van der Waals surface area contributed by atoms with Crippen LogP contribution in [0, 0.1) is 5.92 Å². The van der Waals surface area contributed by atoms with Crippen LogP contribution in [0.1, 0.15) is 13.8 Å². The van der Waals surface area contributed by atoms with Gasteiger partial charge in [-0.3, -0.25) is 0 Å². The number of aliphatic hydroxyl groups excluding tert-OH is 1. The van der Waals surface area contributed by atoms with E-state index in [1.807, 2.05) is 0 Å². The number of benzene rings is 1. The van der Waals surface area contributed by atoms with Crippen LogP contribution in [0.2, 0.25) is 5.02 Å². The van der Waals surface area contributed by atoms with Gasteiger partial charge in [-0.15, -0.1) is 0 Å². The summed E-state index contributed by atoms with van der Waals surface area (Å²) in [5.74, 6) is -0.172. The minimum absolute atomic E-state index is 0.0318. The Balaban J connectivity index is 3.00. The zero-order chi connectivity index (χ0) is 13.9. The Hall–Kier alpha value is -0.140. The maximum atomic E-state index is 12.1. The third kappa shape index (κ3) is 3.93. The summed E-state index contributed by atoms with van der Waals surface area (Å²) in [5.41, 5.74) is 0. The number of nitrogens with one attached hydrogen (secondary N) is 1. The summed E-state index contributed by atoms with van der Waals surface area (Å²) in [6.45, 7) is 3.37. The molecule has 0 amide bonds. The molecular formula is C11H15BrClNO3S. The molecule has 2 atom stereocenters. The van der Waals surface area contributed by atoms with Gasteiger partial charge in [0.2, 0.25) is 10.0 Å². The molecule has 0 saturated carbocycles. The van der Waals surface area contributed by atoms with Crippen molar-refractivity contribution in [2.45, 2.75) is 24.8 Å². The monoisotopic (exact) mass is 355 g/mol. The second-order valence-electron chi connectivity index (χ2n) is 4.14. The molecule has 1 rings (SSSR count). The van der Waals surface area contributed by atoms with Gasteiger partial charge in [0.1, 0.15) is 4.90 Å². The minimum Gasteiger partial charge on any atom is -0.396 e. The Labute approximate surface area is 121 Å². The van der Waals surface area contributed by atoms with Gasteiger partial charge in [-0.2, -0.15) is 0 Å². The van der Waals surface area contributed by atoms with E-state index in [4.69, 9.17) is 16.7 Å². The first-order valence-electron chi connectivity index (χ1n) is 5.36. The summed E-state index contributed by atoms with van der Waals surface area (Å²) >= 11 is 9.13. The number of halogens is 2. The number of rotatable bonds is 5. The Morgan fingerprint density at radius 3 is 2.56 bits per heavy atom. The van der Waals surface area contributed by atoms with E-state index in [1.54, 1.807) is 19.9 Å². The molecule has 102 valence electrons. The third-order valence-corrected chi connectivity index (χ3v) is 5.20. The van der Waals surface area contributed by atoms with Crippen molar-refractivity contribution in [3.8, 4) is 0 Å². The summed E-state index contributed by atoms with van der Waals surface area (Å²) in [4.78, 5) is 0.0318. The molecule has 0 aliphatic heterocycles. The van der Waals surface area contributed by atoms with Gasteiger partial charge in [-0.1, -0.05) is 34.5 Å². The normalized spacial score (nSPS) is 15.4. The lowest BCUT2D eigenvalue weighted by atomic mass is 10.1. The maximum absolute atomic E-state index is 12.1. The highest BCUT2D eigenvalue weighted by atomic mass is 79.9. The largest absolute Gasteiger partial charge is 0.396 e. The van der Waals surface area contributed by atoms with Gasteiger partial charge < -0.3 is 5.11 Å². The molecule has 7 heteroatoms. The number of hydrogen-bond donors (Lipinski definition) is 2. The van der Waals surface area contributed by atoms with Gasteiger partial charge in [0.15, 0.2) is 0 Å². The quantitative estimate of drug-likeness (QED) is 0.851. The van der Waals surface area contributed by atoms with Crippen molar-refractivity contribution in [1.29, 1.82) is 0 Å². The minimum atomic E-state index is -3.68. The second-order valence-corrected chi connectivity index (χ2v) is 7.15. The van der Waals surface area contributed by atoms with Crippen LogP contribution < -0.4 is 4.72 Å². The zero-order valence-electron chi connectivity index (χ0n) is 10.0. The van der Waals surface area contributed by atoms with Gasteiger partial charge in [-0.05, 0) is 31.0 Å². The Bertz CT molecular complexity index is 521. The Kier molecular flexibility index (Phi) is 5.61. The molecule has 0 aromatic heterocycles. The van der Waals surface area contributed by atoms with E-state index in [1.165, 1.54) is 12.1 Å².